The molecule has 2 heteroatoms. The smallest absolute Gasteiger partial charge is 0.269 e. The first kappa shape index (κ1) is 26.3. The van der Waals surface area contributed by atoms with Crippen molar-refractivity contribution in [2.45, 2.75) is 81.3 Å². The van der Waals surface area contributed by atoms with E-state index in [-0.39, 0.29) is 26.2 Å². The van der Waals surface area contributed by atoms with E-state index < -0.39 is 0 Å². The van der Waals surface area contributed by atoms with Crippen LogP contribution >= 0.6 is 0 Å². The zero-order chi connectivity index (χ0) is 18.3. The molecule has 0 saturated carbocycles. The Balaban J connectivity index is 0. The van der Waals surface area contributed by atoms with E-state index in [0.717, 1.165) is 22.4 Å². The number of allylic oxidation sites excluding steroid dienone is 8. The Labute approximate surface area is 173 Å². The van der Waals surface area contributed by atoms with Crippen molar-refractivity contribution >= 4 is 9.52 Å². The molecule has 0 amide bonds. The standard InChI is InChI=1S/2C10H15.C2H7Si.Zr/c2*1-8-6-5-7-9(8)10(2,3)4;1-3-2;/h2*7H,5H2,1-4H3;3H,1-2H3;/q2*-1;;+2. The predicted octanol–water partition coefficient (Wildman–Crippen LogP) is 6.74. The Morgan fingerprint density at radius 3 is 1.08 bits per heavy atom. The molecular weight excluding hydrogens is 384 g/mol. The van der Waals surface area contributed by atoms with Crippen LogP contribution in [0.15, 0.2) is 34.4 Å². The molecule has 0 aromatic rings. The molecule has 0 fully saturated rings. The number of hydrogen-bond acceptors (Lipinski definition) is 0. The second-order valence-corrected chi connectivity index (χ2v) is 9.48. The van der Waals surface area contributed by atoms with Crippen LogP contribution in [0.25, 0.3) is 0 Å². The van der Waals surface area contributed by atoms with Crippen LogP contribution in [0.5, 0.6) is 0 Å². The number of hydrogen-bond donors (Lipinski definition) is 0. The zero-order valence-corrected chi connectivity index (χ0v) is 21.3. The summed E-state index contributed by atoms with van der Waals surface area (Å²) in [5.41, 5.74) is 6.24. The van der Waals surface area contributed by atoms with Gasteiger partial charge in [-0.2, -0.15) is 23.3 Å². The first-order valence-corrected chi connectivity index (χ1v) is 11.1. The monoisotopic (exact) mass is 419 g/mol. The van der Waals surface area contributed by atoms with Crippen LogP contribution in [0.3, 0.4) is 0 Å². The van der Waals surface area contributed by atoms with Gasteiger partial charge in [0.2, 0.25) is 0 Å². The van der Waals surface area contributed by atoms with E-state index in [1.807, 2.05) is 0 Å². The van der Waals surface area contributed by atoms with E-state index in [9.17, 15) is 0 Å². The van der Waals surface area contributed by atoms with Gasteiger partial charge in [0.25, 0.3) is 0 Å². The Bertz CT molecular complexity index is 445. The topological polar surface area (TPSA) is 0 Å². The Morgan fingerprint density at radius 1 is 0.750 bits per heavy atom. The SMILES string of the molecule is CC1=[C-]CC=C1C(C)(C)C.CC1=[C-]CC=C1C(C)(C)C.C[SiH]C.[Zr+2]. The third kappa shape index (κ3) is 9.52. The molecule has 0 aromatic carbocycles. The van der Waals surface area contributed by atoms with Gasteiger partial charge in [0.15, 0.2) is 0 Å². The van der Waals surface area contributed by atoms with E-state index in [1.165, 1.54) is 22.3 Å². The van der Waals surface area contributed by atoms with Gasteiger partial charge in [0, 0.05) is 9.52 Å². The molecule has 24 heavy (non-hydrogen) atoms. The molecule has 0 spiro atoms. The van der Waals surface area contributed by atoms with Crippen LogP contribution in [0.2, 0.25) is 13.1 Å². The molecule has 1 radical (unpaired) electrons. The summed E-state index contributed by atoms with van der Waals surface area (Å²) in [4.78, 5) is 0. The van der Waals surface area contributed by atoms with Crippen LogP contribution in [-0.4, -0.2) is 9.52 Å². The maximum atomic E-state index is 3.30. The normalized spacial score (nSPS) is 16.4. The van der Waals surface area contributed by atoms with Crippen LogP contribution in [0.4, 0.5) is 0 Å². The summed E-state index contributed by atoms with van der Waals surface area (Å²) in [5, 5.41) is 0. The van der Waals surface area contributed by atoms with Crippen molar-refractivity contribution in [3.8, 4) is 0 Å². The van der Waals surface area contributed by atoms with Gasteiger partial charge in [0.05, 0.1) is 0 Å². The average Bonchev–Trinajstić information content (AvgIpc) is 2.97. The molecule has 0 N–H and O–H groups in total. The minimum absolute atomic E-state index is 0. The molecule has 0 heterocycles. The minimum Gasteiger partial charge on any atom is -0.269 e. The van der Waals surface area contributed by atoms with Gasteiger partial charge in [-0.25, -0.2) is 11.1 Å². The molecule has 2 aliphatic rings. The average molecular weight is 421 g/mol. The van der Waals surface area contributed by atoms with Crippen molar-refractivity contribution in [1.82, 2.24) is 0 Å². The summed E-state index contributed by atoms with van der Waals surface area (Å²) in [5.74, 6) is 0. The fourth-order valence-electron chi connectivity index (χ4n) is 2.85. The second kappa shape index (κ2) is 11.6. The van der Waals surface area contributed by atoms with Crippen LogP contribution < -0.4 is 0 Å². The van der Waals surface area contributed by atoms with Crippen LogP contribution in [0, 0.1) is 23.0 Å². The van der Waals surface area contributed by atoms with E-state index in [4.69, 9.17) is 0 Å². The van der Waals surface area contributed by atoms with Gasteiger partial charge < -0.3 is 0 Å². The van der Waals surface area contributed by atoms with Crippen molar-refractivity contribution in [3.63, 3.8) is 0 Å². The van der Waals surface area contributed by atoms with Gasteiger partial charge >= 0.3 is 26.2 Å². The Hall–Kier alpha value is 0.0600. The van der Waals surface area contributed by atoms with Gasteiger partial charge in [0.1, 0.15) is 0 Å². The third-order valence-electron chi connectivity index (χ3n) is 3.77. The molecule has 0 saturated heterocycles. The first-order chi connectivity index (χ1) is 10.4. The molecule has 0 unspecified atom stereocenters. The fraction of sp³-hybridized carbons (Fsp3) is 0.636. The summed E-state index contributed by atoms with van der Waals surface area (Å²) in [6, 6.07) is 0. The molecule has 2 aliphatic carbocycles. The summed E-state index contributed by atoms with van der Waals surface area (Å²) in [6.45, 7) is 22.2. The van der Waals surface area contributed by atoms with Crippen molar-refractivity contribution in [1.29, 1.82) is 0 Å². The van der Waals surface area contributed by atoms with Crippen LogP contribution in [0.1, 0.15) is 68.2 Å². The predicted molar refractivity (Wildman–Crippen MR) is 108 cm³/mol. The van der Waals surface area contributed by atoms with E-state index in [2.05, 4.69) is 92.8 Å². The van der Waals surface area contributed by atoms with E-state index in [1.54, 1.807) is 0 Å². The van der Waals surface area contributed by atoms with Gasteiger partial charge in [-0.05, 0) is 0 Å². The van der Waals surface area contributed by atoms with Gasteiger partial charge in [-0.3, -0.25) is 12.2 Å². The largest absolute Gasteiger partial charge is 2.00 e. The van der Waals surface area contributed by atoms with E-state index >= 15 is 0 Å². The summed E-state index contributed by atoms with van der Waals surface area (Å²) >= 11 is 0. The molecule has 2 rings (SSSR count). The van der Waals surface area contributed by atoms with E-state index in [0.29, 0.717) is 10.8 Å². The minimum atomic E-state index is 0. The molecule has 0 bridgehead atoms. The maximum absolute atomic E-state index is 3.30. The fourth-order valence-corrected chi connectivity index (χ4v) is 2.85. The summed E-state index contributed by atoms with van der Waals surface area (Å²) < 4.78 is 0. The third-order valence-corrected chi connectivity index (χ3v) is 3.77. The first-order valence-electron chi connectivity index (χ1n) is 8.76. The molecule has 133 valence electrons. The number of rotatable bonds is 0. The van der Waals surface area contributed by atoms with Crippen molar-refractivity contribution in [3.05, 3.63) is 46.6 Å². The van der Waals surface area contributed by atoms with Crippen molar-refractivity contribution in [2.24, 2.45) is 10.8 Å². The molecule has 0 aliphatic heterocycles. The van der Waals surface area contributed by atoms with Crippen LogP contribution in [-0.2, 0) is 26.2 Å². The second-order valence-electron chi connectivity index (χ2n) is 8.32. The molecule has 0 atom stereocenters. The van der Waals surface area contributed by atoms with Gasteiger partial charge in [-0.15, -0.1) is 12.8 Å². The molecule has 0 nitrogen and oxygen atoms in total. The van der Waals surface area contributed by atoms with Gasteiger partial charge in [-0.1, -0.05) is 79.3 Å². The molecule has 0 aromatic heterocycles. The summed E-state index contributed by atoms with van der Waals surface area (Å²) in [7, 11) is 0.750. The zero-order valence-electron chi connectivity index (χ0n) is 17.6. The quantitative estimate of drug-likeness (QED) is 0.300. The Kier molecular flexibility index (Phi) is 12.7. The maximum Gasteiger partial charge on any atom is 2.00 e. The van der Waals surface area contributed by atoms with Crippen molar-refractivity contribution < 1.29 is 26.2 Å². The summed E-state index contributed by atoms with van der Waals surface area (Å²) in [6.07, 6.45) is 13.2. The Morgan fingerprint density at radius 2 is 1.00 bits per heavy atom. The van der Waals surface area contributed by atoms with Crippen molar-refractivity contribution in [2.75, 3.05) is 0 Å². The molecular formula is C22H37SiZr.